The topological polar surface area (TPSA) is 110 Å². The summed E-state index contributed by atoms with van der Waals surface area (Å²) >= 11 is 0. The molecule has 0 radical (unpaired) electrons. The molecular formula is C19H16N6O2. The molecule has 27 heavy (non-hydrogen) atoms. The van der Waals surface area contributed by atoms with Crippen LogP contribution in [0.3, 0.4) is 0 Å². The molecule has 0 saturated carbocycles. The van der Waals surface area contributed by atoms with Crippen LogP contribution < -0.4 is 16.0 Å². The van der Waals surface area contributed by atoms with Gasteiger partial charge in [-0.05, 0) is 36.4 Å². The Balaban J connectivity index is 1.55. The molecule has 1 aliphatic rings. The quantitative estimate of drug-likeness (QED) is 0.562. The summed E-state index contributed by atoms with van der Waals surface area (Å²) < 4.78 is 5.32. The molecule has 1 saturated heterocycles. The van der Waals surface area contributed by atoms with Crippen LogP contribution in [0.4, 0.5) is 11.7 Å². The third kappa shape index (κ3) is 2.80. The second-order valence-corrected chi connectivity index (χ2v) is 6.43. The molecule has 0 spiro atoms. The number of oxazole rings is 1. The lowest BCUT2D eigenvalue weighted by Crippen LogP contribution is -2.47. The van der Waals surface area contributed by atoms with E-state index in [0.717, 1.165) is 34.5 Å². The van der Waals surface area contributed by atoms with E-state index in [9.17, 15) is 4.79 Å². The Hall–Kier alpha value is -3.68. The Morgan fingerprint density at radius 3 is 2.89 bits per heavy atom. The van der Waals surface area contributed by atoms with Gasteiger partial charge in [0, 0.05) is 18.7 Å². The van der Waals surface area contributed by atoms with Crippen LogP contribution in [0.25, 0.3) is 33.4 Å². The minimum absolute atomic E-state index is 0.0169. The van der Waals surface area contributed by atoms with Crippen molar-refractivity contribution >= 4 is 39.7 Å². The lowest BCUT2D eigenvalue weighted by Gasteiger charge is -2.28. The highest BCUT2D eigenvalue weighted by Crippen LogP contribution is 2.26. The molecular weight excluding hydrogens is 344 g/mol. The highest BCUT2D eigenvalue weighted by atomic mass is 16.4. The van der Waals surface area contributed by atoms with Crippen molar-refractivity contribution in [3.05, 3.63) is 42.6 Å². The molecule has 134 valence electrons. The van der Waals surface area contributed by atoms with Gasteiger partial charge in [-0.15, -0.1) is 0 Å². The van der Waals surface area contributed by atoms with E-state index in [1.165, 1.54) is 0 Å². The number of amides is 1. The number of benzene rings is 1. The predicted octanol–water partition coefficient (Wildman–Crippen LogP) is 1.96. The molecule has 0 atom stereocenters. The van der Waals surface area contributed by atoms with Crippen molar-refractivity contribution in [1.29, 1.82) is 0 Å². The highest BCUT2D eigenvalue weighted by molar-refractivity contribution is 5.86. The van der Waals surface area contributed by atoms with Crippen LogP contribution in [0.5, 0.6) is 0 Å². The zero-order valence-electron chi connectivity index (χ0n) is 14.3. The Kier molecular flexibility index (Phi) is 3.43. The van der Waals surface area contributed by atoms with Crippen molar-refractivity contribution in [2.24, 2.45) is 0 Å². The number of hydrogen-bond donors (Lipinski definition) is 2. The first-order chi connectivity index (χ1) is 13.2. The number of anilines is 2. The molecule has 8 heteroatoms. The summed E-state index contributed by atoms with van der Waals surface area (Å²) in [6.07, 6.45) is 1.78. The molecule has 3 aromatic heterocycles. The maximum atomic E-state index is 11.6. The van der Waals surface area contributed by atoms with Gasteiger partial charge in [-0.1, -0.05) is 0 Å². The van der Waals surface area contributed by atoms with E-state index in [-0.39, 0.29) is 11.9 Å². The number of nitrogens with two attached hydrogens (primary N) is 1. The van der Waals surface area contributed by atoms with Crippen molar-refractivity contribution < 1.29 is 9.21 Å². The number of fused-ring (bicyclic) bond motifs is 2. The zero-order chi connectivity index (χ0) is 18.4. The van der Waals surface area contributed by atoms with Gasteiger partial charge >= 0.3 is 0 Å². The van der Waals surface area contributed by atoms with E-state index < -0.39 is 0 Å². The number of piperazine rings is 1. The lowest BCUT2D eigenvalue weighted by atomic mass is 10.1. The van der Waals surface area contributed by atoms with Crippen LogP contribution >= 0.6 is 0 Å². The van der Waals surface area contributed by atoms with Gasteiger partial charge < -0.3 is 20.4 Å². The summed E-state index contributed by atoms with van der Waals surface area (Å²) in [6.45, 7) is 1.71. The Morgan fingerprint density at radius 1 is 1.07 bits per heavy atom. The number of rotatable bonds is 2. The normalized spacial score (nSPS) is 14.7. The first-order valence-electron chi connectivity index (χ1n) is 8.61. The van der Waals surface area contributed by atoms with Crippen LogP contribution in [0.15, 0.2) is 47.0 Å². The smallest absolute Gasteiger partial charge is 0.292 e. The molecule has 3 N–H and O–H groups in total. The number of nitrogen functional groups attached to an aromatic ring is 1. The average Bonchev–Trinajstić information content (AvgIpc) is 3.06. The molecule has 0 unspecified atom stereocenters. The number of carbonyl (C=O) groups is 1. The maximum absolute atomic E-state index is 11.6. The minimum Gasteiger partial charge on any atom is -0.424 e. The SMILES string of the molecule is Nc1nc2cc(-c3ccc4ncc(N5CCNC(=O)C5)cc4n3)ccc2o1. The lowest BCUT2D eigenvalue weighted by molar-refractivity contribution is -0.120. The van der Waals surface area contributed by atoms with Crippen molar-refractivity contribution in [3.8, 4) is 11.3 Å². The van der Waals surface area contributed by atoms with Crippen molar-refractivity contribution in [1.82, 2.24) is 20.3 Å². The molecule has 5 rings (SSSR count). The molecule has 8 nitrogen and oxygen atoms in total. The number of hydrogen-bond acceptors (Lipinski definition) is 7. The predicted molar refractivity (Wildman–Crippen MR) is 102 cm³/mol. The minimum atomic E-state index is 0.0169. The third-order valence-electron chi connectivity index (χ3n) is 4.63. The van der Waals surface area contributed by atoms with Crippen molar-refractivity contribution in [2.45, 2.75) is 0 Å². The van der Waals surface area contributed by atoms with E-state index >= 15 is 0 Å². The number of nitrogens with one attached hydrogen (secondary N) is 1. The fraction of sp³-hybridized carbons (Fsp3) is 0.158. The first-order valence-corrected chi connectivity index (χ1v) is 8.61. The standard InChI is InChI=1S/C19H16N6O2/c20-19-24-16-7-11(1-4-17(16)27-19)13-2-3-14-15(23-13)8-12(9-22-14)25-6-5-21-18(26)10-25/h1-4,7-9H,5-6,10H2,(H2,20,24)(H,21,26). The van der Waals surface area contributed by atoms with Gasteiger partial charge in [0.25, 0.3) is 6.01 Å². The number of nitrogens with zero attached hydrogens (tertiary/aromatic N) is 4. The largest absolute Gasteiger partial charge is 0.424 e. The van der Waals surface area contributed by atoms with Gasteiger partial charge in [0.2, 0.25) is 5.91 Å². The number of pyridine rings is 2. The summed E-state index contributed by atoms with van der Waals surface area (Å²) in [4.78, 5) is 27.1. The van der Waals surface area contributed by atoms with E-state index in [1.807, 2.05) is 41.3 Å². The molecule has 1 fully saturated rings. The second-order valence-electron chi connectivity index (χ2n) is 6.43. The van der Waals surface area contributed by atoms with Crippen molar-refractivity contribution in [2.75, 3.05) is 30.3 Å². The van der Waals surface area contributed by atoms with Gasteiger partial charge in [-0.25, -0.2) is 4.98 Å². The molecule has 0 aliphatic carbocycles. The summed E-state index contributed by atoms with van der Waals surface area (Å²) in [5, 5.41) is 2.83. The van der Waals surface area contributed by atoms with E-state index in [1.54, 1.807) is 6.20 Å². The number of carbonyl (C=O) groups excluding carboxylic acids is 1. The Labute approximate surface area is 154 Å². The highest BCUT2D eigenvalue weighted by Gasteiger charge is 2.17. The van der Waals surface area contributed by atoms with Crippen LogP contribution in [-0.4, -0.2) is 40.5 Å². The van der Waals surface area contributed by atoms with E-state index in [0.29, 0.717) is 24.2 Å². The van der Waals surface area contributed by atoms with Gasteiger partial charge in [-0.2, -0.15) is 4.98 Å². The van der Waals surface area contributed by atoms with Crippen LogP contribution in [0.2, 0.25) is 0 Å². The van der Waals surface area contributed by atoms with E-state index in [2.05, 4.69) is 15.3 Å². The van der Waals surface area contributed by atoms with Gasteiger partial charge in [0.1, 0.15) is 5.52 Å². The fourth-order valence-corrected chi connectivity index (χ4v) is 3.29. The molecule has 4 heterocycles. The molecule has 1 aliphatic heterocycles. The average molecular weight is 360 g/mol. The Bertz CT molecular complexity index is 1190. The van der Waals surface area contributed by atoms with Crippen LogP contribution in [-0.2, 0) is 4.79 Å². The second kappa shape index (κ2) is 5.94. The third-order valence-corrected chi connectivity index (χ3v) is 4.63. The van der Waals surface area contributed by atoms with E-state index in [4.69, 9.17) is 15.1 Å². The maximum Gasteiger partial charge on any atom is 0.292 e. The fourth-order valence-electron chi connectivity index (χ4n) is 3.29. The Morgan fingerprint density at radius 2 is 2.00 bits per heavy atom. The number of aromatic nitrogens is 3. The van der Waals surface area contributed by atoms with Crippen LogP contribution in [0.1, 0.15) is 0 Å². The van der Waals surface area contributed by atoms with Gasteiger partial charge in [0.05, 0.1) is 35.2 Å². The molecule has 4 aromatic rings. The van der Waals surface area contributed by atoms with Crippen LogP contribution in [0, 0.1) is 0 Å². The summed E-state index contributed by atoms with van der Waals surface area (Å²) in [7, 11) is 0. The monoisotopic (exact) mass is 360 g/mol. The van der Waals surface area contributed by atoms with Gasteiger partial charge in [0.15, 0.2) is 5.58 Å². The molecule has 0 bridgehead atoms. The van der Waals surface area contributed by atoms with Crippen molar-refractivity contribution in [3.63, 3.8) is 0 Å². The summed E-state index contributed by atoms with van der Waals surface area (Å²) in [5.74, 6) is 0.0169. The summed E-state index contributed by atoms with van der Waals surface area (Å²) in [5.41, 5.74) is 11.1. The zero-order valence-corrected chi connectivity index (χ0v) is 14.3. The summed E-state index contributed by atoms with van der Waals surface area (Å²) in [6, 6.07) is 11.6. The molecule has 1 amide bonds. The first kappa shape index (κ1) is 15.6. The molecule has 1 aromatic carbocycles. The van der Waals surface area contributed by atoms with Gasteiger partial charge in [-0.3, -0.25) is 9.78 Å².